The van der Waals surface area contributed by atoms with Crippen LogP contribution in [0.3, 0.4) is 0 Å². The maximum atomic E-state index is 13.8. The van der Waals surface area contributed by atoms with Crippen LogP contribution in [0, 0.1) is 11.7 Å². The molecule has 0 bridgehead atoms. The molecule has 4 saturated heterocycles. The van der Waals surface area contributed by atoms with Gasteiger partial charge in [-0.05, 0) is 80.7 Å². The molecule has 0 spiro atoms. The van der Waals surface area contributed by atoms with Crippen LogP contribution in [-0.2, 0) is 19.1 Å². The molecule has 9 rings (SSSR count). The predicted octanol–water partition coefficient (Wildman–Crippen LogP) is 4.76. The molecule has 4 fully saturated rings. The van der Waals surface area contributed by atoms with Gasteiger partial charge in [-0.15, -0.1) is 0 Å². The summed E-state index contributed by atoms with van der Waals surface area (Å²) in [7, 11) is 0. The molecule has 0 saturated carbocycles. The molecule has 18 heteroatoms. The van der Waals surface area contributed by atoms with E-state index in [9.17, 15) is 28.4 Å². The summed E-state index contributed by atoms with van der Waals surface area (Å²) in [4.78, 5) is 80.8. The van der Waals surface area contributed by atoms with Crippen molar-refractivity contribution in [1.82, 2.24) is 30.0 Å². The number of halogens is 2. The first-order chi connectivity index (χ1) is 30.6. The number of hydrogen-bond acceptors (Lipinski definition) is 13. The summed E-state index contributed by atoms with van der Waals surface area (Å²) in [6.45, 7) is 7.84. The van der Waals surface area contributed by atoms with Gasteiger partial charge in [-0.3, -0.25) is 44.0 Å². The van der Waals surface area contributed by atoms with Crippen molar-refractivity contribution in [3.05, 3.63) is 89.0 Å². The van der Waals surface area contributed by atoms with Gasteiger partial charge in [-0.2, -0.15) is 0 Å². The molecule has 0 aliphatic carbocycles. The van der Waals surface area contributed by atoms with E-state index < -0.39 is 35.5 Å². The molecule has 3 aromatic carbocycles. The minimum Gasteiger partial charge on any atom is -0.486 e. The first-order valence-electron chi connectivity index (χ1n) is 21.3. The van der Waals surface area contributed by atoms with Crippen LogP contribution in [0.1, 0.15) is 52.8 Å². The number of nitrogens with one attached hydrogen (secondary N) is 3. The lowest BCUT2D eigenvalue weighted by atomic mass is 9.96. The van der Waals surface area contributed by atoms with Crippen LogP contribution in [0.2, 0.25) is 5.02 Å². The molecule has 2 atom stereocenters. The van der Waals surface area contributed by atoms with E-state index in [-0.39, 0.29) is 35.4 Å². The number of carbonyl (C=O) groups excluding carboxylic acids is 5. The van der Waals surface area contributed by atoms with E-state index in [1.165, 1.54) is 18.5 Å². The maximum Gasteiger partial charge on any atom is 0.262 e. The van der Waals surface area contributed by atoms with Crippen LogP contribution >= 0.6 is 11.6 Å². The highest BCUT2D eigenvalue weighted by Gasteiger charge is 2.45. The van der Waals surface area contributed by atoms with Crippen LogP contribution in [0.4, 0.5) is 27.3 Å². The quantitative estimate of drug-likeness (QED) is 0.131. The van der Waals surface area contributed by atoms with Gasteiger partial charge in [0.15, 0.2) is 0 Å². The third-order valence-electron chi connectivity index (χ3n) is 12.4. The van der Waals surface area contributed by atoms with Crippen LogP contribution < -0.4 is 25.6 Å². The average molecular weight is 880 g/mol. The fourth-order valence-electron chi connectivity index (χ4n) is 8.92. The summed E-state index contributed by atoms with van der Waals surface area (Å²) in [6.07, 6.45) is 7.71. The van der Waals surface area contributed by atoms with E-state index in [1.54, 1.807) is 36.4 Å². The maximum absolute atomic E-state index is 13.8. The number of imide groups is 2. The van der Waals surface area contributed by atoms with Crippen LogP contribution in [0.15, 0.2) is 67.0 Å². The molecule has 6 heterocycles. The van der Waals surface area contributed by atoms with Gasteiger partial charge in [0.2, 0.25) is 17.7 Å². The van der Waals surface area contributed by atoms with E-state index in [1.807, 2.05) is 12.1 Å². The average Bonchev–Trinajstić information content (AvgIpc) is 3.88. The van der Waals surface area contributed by atoms with Crippen molar-refractivity contribution in [3.8, 4) is 5.75 Å². The lowest BCUT2D eigenvalue weighted by molar-refractivity contribution is -0.136. The third kappa shape index (κ3) is 9.37. The third-order valence-corrected chi connectivity index (χ3v) is 12.7. The standard InChI is InChI=1S/C45H47ClFN9O7/c46-34-20-28(3-6-35(34)47)50-42-33-22-37(39(23-36(33)48-26-49-42)63-30-11-19-62-25-30)51-40(57)2-1-12-53-13-9-27(10-14-53)24-54-15-17-55(18-16-54)29-4-5-31-32(21-29)45(61)56(44(31)60)38-7-8-41(58)52-43(38)59/h1-6,20-23,26-27,30,38H,7-19,24-25H2,(H,51,57)(H,48,49,50)(H,52,58,59)/b2-1+/t30-,38?/m0/s1. The molecule has 63 heavy (non-hydrogen) atoms. The van der Waals surface area contributed by atoms with E-state index in [0.29, 0.717) is 65.1 Å². The molecule has 16 nitrogen and oxygen atoms in total. The van der Waals surface area contributed by atoms with Gasteiger partial charge < -0.3 is 25.0 Å². The Bertz CT molecular complexity index is 2480. The number of anilines is 4. The summed E-state index contributed by atoms with van der Waals surface area (Å²) in [6, 6.07) is 12.1. The van der Waals surface area contributed by atoms with Crippen molar-refractivity contribution in [2.24, 2.45) is 5.92 Å². The van der Waals surface area contributed by atoms with Crippen molar-refractivity contribution < 1.29 is 37.8 Å². The second-order valence-electron chi connectivity index (χ2n) is 16.5. The Hall–Kier alpha value is -6.01. The van der Waals surface area contributed by atoms with E-state index in [2.05, 4.69) is 40.6 Å². The summed E-state index contributed by atoms with van der Waals surface area (Å²) >= 11 is 6.02. The number of piperidine rings is 2. The Balaban J connectivity index is 0.753. The summed E-state index contributed by atoms with van der Waals surface area (Å²) < 4.78 is 25.6. The lowest BCUT2D eigenvalue weighted by Crippen LogP contribution is -2.54. The molecule has 3 N–H and O–H groups in total. The number of benzene rings is 3. The fourth-order valence-corrected chi connectivity index (χ4v) is 9.10. The number of carbonyl (C=O) groups is 5. The monoisotopic (exact) mass is 879 g/mol. The first-order valence-corrected chi connectivity index (χ1v) is 21.7. The number of rotatable bonds is 12. The van der Waals surface area contributed by atoms with Crippen LogP contribution in [-0.4, -0.2) is 132 Å². The van der Waals surface area contributed by atoms with Gasteiger partial charge in [0.25, 0.3) is 11.8 Å². The van der Waals surface area contributed by atoms with Crippen molar-refractivity contribution >= 4 is 74.9 Å². The number of aromatic nitrogens is 2. The zero-order chi connectivity index (χ0) is 43.6. The first kappa shape index (κ1) is 42.3. The van der Waals surface area contributed by atoms with Crippen LogP contribution in [0.5, 0.6) is 5.75 Å². The predicted molar refractivity (Wildman–Crippen MR) is 233 cm³/mol. The second-order valence-corrected chi connectivity index (χ2v) is 17.0. The molecule has 4 aromatic rings. The lowest BCUT2D eigenvalue weighted by Gasteiger charge is -2.39. The second kappa shape index (κ2) is 18.4. The molecule has 1 unspecified atom stereocenters. The number of amides is 5. The smallest absolute Gasteiger partial charge is 0.262 e. The van der Waals surface area contributed by atoms with Crippen molar-refractivity contribution in [2.45, 2.75) is 44.2 Å². The fraction of sp³-hybridized carbons (Fsp3) is 0.400. The van der Waals surface area contributed by atoms with Gasteiger partial charge in [-0.1, -0.05) is 17.7 Å². The molecule has 5 amide bonds. The Morgan fingerprint density at radius 2 is 1.73 bits per heavy atom. The topological polar surface area (TPSA) is 179 Å². The van der Waals surface area contributed by atoms with Gasteiger partial charge in [0, 0.05) is 81.0 Å². The zero-order valence-electron chi connectivity index (χ0n) is 34.5. The largest absolute Gasteiger partial charge is 0.486 e. The molecule has 328 valence electrons. The van der Waals surface area contributed by atoms with Gasteiger partial charge in [-0.25, -0.2) is 14.4 Å². The van der Waals surface area contributed by atoms with Gasteiger partial charge >= 0.3 is 0 Å². The number of likely N-dealkylation sites (tertiary alicyclic amines) is 1. The van der Waals surface area contributed by atoms with E-state index in [0.717, 1.165) is 75.7 Å². The molecule has 0 radical (unpaired) electrons. The highest BCUT2D eigenvalue weighted by Crippen LogP contribution is 2.36. The van der Waals surface area contributed by atoms with Gasteiger partial charge in [0.1, 0.15) is 35.9 Å². The summed E-state index contributed by atoms with van der Waals surface area (Å²) in [5.41, 5.74) is 3.02. The molecule has 1 aromatic heterocycles. The molecular weight excluding hydrogens is 833 g/mol. The van der Waals surface area contributed by atoms with E-state index in [4.69, 9.17) is 21.1 Å². The van der Waals surface area contributed by atoms with Crippen molar-refractivity contribution in [3.63, 3.8) is 0 Å². The summed E-state index contributed by atoms with van der Waals surface area (Å²) in [5, 5.41) is 9.00. The molecule has 5 aliphatic heterocycles. The number of hydrogen-bond donors (Lipinski definition) is 3. The number of ether oxygens (including phenoxy) is 2. The normalized spacial score (nSPS) is 21.4. The number of fused-ring (bicyclic) bond motifs is 2. The van der Waals surface area contributed by atoms with Crippen LogP contribution in [0.25, 0.3) is 10.9 Å². The Morgan fingerprint density at radius 3 is 2.49 bits per heavy atom. The Kier molecular flexibility index (Phi) is 12.3. The highest BCUT2D eigenvalue weighted by molar-refractivity contribution is 6.31. The van der Waals surface area contributed by atoms with Gasteiger partial charge in [0.05, 0.1) is 40.6 Å². The SMILES string of the molecule is O=C(/C=C/CN1CCC(CN2CCN(c3ccc4c(c3)C(=O)N(C3CCC(=O)NC3=O)C4=O)CC2)CC1)Nc1cc2c(Nc3ccc(F)c(Cl)c3)ncnc2cc1O[C@H]1CCOC1. The highest BCUT2D eigenvalue weighted by atomic mass is 35.5. The molecule has 5 aliphatic rings. The van der Waals surface area contributed by atoms with Crippen molar-refractivity contribution in [1.29, 1.82) is 0 Å². The Morgan fingerprint density at radius 1 is 0.921 bits per heavy atom. The van der Waals surface area contributed by atoms with E-state index >= 15 is 0 Å². The minimum atomic E-state index is -0.986. The minimum absolute atomic E-state index is 0.0245. The summed E-state index contributed by atoms with van der Waals surface area (Å²) in [5.74, 6) is -1.38. The number of nitrogens with zero attached hydrogens (tertiary/aromatic N) is 6. The Labute approximate surface area is 367 Å². The van der Waals surface area contributed by atoms with Crippen molar-refractivity contribution in [2.75, 3.05) is 81.1 Å². The zero-order valence-corrected chi connectivity index (χ0v) is 35.2. The number of piperazine rings is 1. The molecular formula is C45H47ClFN9O7.